The van der Waals surface area contributed by atoms with Crippen molar-refractivity contribution in [2.75, 3.05) is 6.61 Å². The van der Waals surface area contributed by atoms with E-state index in [0.29, 0.717) is 50.0 Å². The summed E-state index contributed by atoms with van der Waals surface area (Å²) in [5.41, 5.74) is 2.74. The van der Waals surface area contributed by atoms with Gasteiger partial charge in [-0.3, -0.25) is 10.2 Å². The number of rotatable bonds is 7. The predicted octanol–water partition coefficient (Wildman–Crippen LogP) is 5.86. The minimum atomic E-state index is -0.532. The lowest BCUT2D eigenvalue weighted by Crippen LogP contribution is -2.35. The molecule has 0 aromatic heterocycles. The Morgan fingerprint density at radius 3 is 2.68 bits per heavy atom. The molecule has 3 aromatic rings. The SMILES string of the molecule is CCOc1cc(/C=C2\C(=N)N3N=C(c4ccccc4Cl)SC3=NC2=O)ccc1OCc1ccccc1C#N. The molecule has 1 N–H and O–H groups in total. The van der Waals surface area contributed by atoms with E-state index in [4.69, 9.17) is 26.5 Å². The molecular formula is C28H20ClN5O3S. The number of nitrogens with zero attached hydrogens (tertiary/aromatic N) is 4. The van der Waals surface area contributed by atoms with Crippen LogP contribution in [0.25, 0.3) is 6.08 Å². The molecule has 0 spiro atoms. The summed E-state index contributed by atoms with van der Waals surface area (Å²) in [5, 5.41) is 25.2. The predicted molar refractivity (Wildman–Crippen MR) is 149 cm³/mol. The highest BCUT2D eigenvalue weighted by Gasteiger charge is 2.36. The van der Waals surface area contributed by atoms with Gasteiger partial charge in [-0.2, -0.15) is 20.4 Å². The van der Waals surface area contributed by atoms with Crippen molar-refractivity contribution in [3.8, 4) is 17.6 Å². The van der Waals surface area contributed by atoms with Crippen LogP contribution >= 0.6 is 23.4 Å². The topological polar surface area (TPSA) is 111 Å². The number of halogens is 1. The highest BCUT2D eigenvalue weighted by molar-refractivity contribution is 8.27. The third-order valence-corrected chi connectivity index (χ3v) is 6.93. The maximum absolute atomic E-state index is 12.9. The molecule has 0 bridgehead atoms. The summed E-state index contributed by atoms with van der Waals surface area (Å²) < 4.78 is 11.7. The molecule has 5 rings (SSSR count). The Balaban J connectivity index is 1.40. The van der Waals surface area contributed by atoms with Gasteiger partial charge in [0, 0.05) is 11.1 Å². The third-order valence-electron chi connectivity index (χ3n) is 5.66. The van der Waals surface area contributed by atoms with Gasteiger partial charge in [0.25, 0.3) is 5.91 Å². The number of nitriles is 1. The lowest BCUT2D eigenvalue weighted by molar-refractivity contribution is -0.114. The average molecular weight is 542 g/mol. The monoisotopic (exact) mass is 541 g/mol. The van der Waals surface area contributed by atoms with Crippen molar-refractivity contribution in [2.45, 2.75) is 13.5 Å². The zero-order valence-corrected chi connectivity index (χ0v) is 21.7. The van der Waals surface area contributed by atoms with Gasteiger partial charge in [-0.1, -0.05) is 54.1 Å². The Labute approximate surface area is 228 Å². The van der Waals surface area contributed by atoms with Crippen LogP contribution in [0.4, 0.5) is 0 Å². The van der Waals surface area contributed by atoms with Crippen molar-refractivity contribution >= 4 is 51.4 Å². The second-order valence-corrected chi connectivity index (χ2v) is 9.46. The maximum Gasteiger partial charge on any atom is 0.283 e. The van der Waals surface area contributed by atoms with Crippen molar-refractivity contribution in [1.29, 1.82) is 10.7 Å². The molecule has 2 aliphatic rings. The molecule has 0 saturated carbocycles. The van der Waals surface area contributed by atoms with Gasteiger partial charge in [0.2, 0.25) is 5.17 Å². The molecule has 0 atom stereocenters. The van der Waals surface area contributed by atoms with E-state index in [2.05, 4.69) is 16.2 Å². The van der Waals surface area contributed by atoms with Gasteiger partial charge in [0.15, 0.2) is 17.3 Å². The molecule has 0 aliphatic carbocycles. The lowest BCUT2D eigenvalue weighted by atomic mass is 10.1. The summed E-state index contributed by atoms with van der Waals surface area (Å²) in [4.78, 5) is 17.0. The van der Waals surface area contributed by atoms with E-state index >= 15 is 0 Å². The summed E-state index contributed by atoms with van der Waals surface area (Å²) in [6, 6.07) is 21.9. The van der Waals surface area contributed by atoms with Gasteiger partial charge < -0.3 is 9.47 Å². The molecule has 2 heterocycles. The van der Waals surface area contributed by atoms with E-state index in [1.54, 1.807) is 42.5 Å². The average Bonchev–Trinajstić information content (AvgIpc) is 3.35. The van der Waals surface area contributed by atoms with Crippen molar-refractivity contribution < 1.29 is 14.3 Å². The van der Waals surface area contributed by atoms with Crippen LogP contribution in [0.1, 0.15) is 29.2 Å². The van der Waals surface area contributed by atoms with E-state index in [1.165, 1.54) is 16.8 Å². The van der Waals surface area contributed by atoms with E-state index in [0.717, 1.165) is 5.56 Å². The van der Waals surface area contributed by atoms with Crippen LogP contribution in [0.15, 0.2) is 82.4 Å². The Hall–Kier alpha value is -4.39. The fraction of sp³-hybridized carbons (Fsp3) is 0.107. The van der Waals surface area contributed by atoms with Crippen LogP contribution in [-0.4, -0.2) is 33.6 Å². The van der Waals surface area contributed by atoms with E-state index < -0.39 is 5.91 Å². The molecular weight excluding hydrogens is 522 g/mol. The molecule has 8 nitrogen and oxygen atoms in total. The lowest BCUT2D eigenvalue weighted by Gasteiger charge is -2.20. The summed E-state index contributed by atoms with van der Waals surface area (Å²) in [6.07, 6.45) is 1.58. The number of hydrazone groups is 1. The summed E-state index contributed by atoms with van der Waals surface area (Å²) in [6.45, 7) is 2.46. The number of thioether (sulfide) groups is 1. The summed E-state index contributed by atoms with van der Waals surface area (Å²) >= 11 is 7.50. The number of nitrogens with one attached hydrogen (secondary N) is 1. The third kappa shape index (κ3) is 5.05. The molecule has 188 valence electrons. The van der Waals surface area contributed by atoms with Gasteiger partial charge in [-0.05, 0) is 54.6 Å². The first-order valence-electron chi connectivity index (χ1n) is 11.6. The number of benzene rings is 3. The van der Waals surface area contributed by atoms with Crippen molar-refractivity contribution in [3.05, 3.63) is 99.6 Å². The molecule has 2 aliphatic heterocycles. The first-order valence-corrected chi connectivity index (χ1v) is 12.8. The number of carbonyl (C=O) groups is 1. The molecule has 0 unspecified atom stereocenters. The number of hydrogen-bond donors (Lipinski definition) is 1. The smallest absolute Gasteiger partial charge is 0.283 e. The quantitative estimate of drug-likeness (QED) is 0.375. The van der Waals surface area contributed by atoms with Crippen LogP contribution < -0.4 is 9.47 Å². The van der Waals surface area contributed by atoms with Gasteiger partial charge in [0.1, 0.15) is 11.7 Å². The standard InChI is InChI=1S/C28H20ClN5O3S/c1-2-36-24-14-17(11-12-23(24)37-16-19-8-4-3-7-18(19)15-30)13-21-25(31)34-28(32-26(21)35)38-27(33-34)20-9-5-6-10-22(20)29/h3-14,31H,2,16H2,1H3/b21-13+,31-25?. The Kier molecular flexibility index (Phi) is 7.26. The number of carbonyl (C=O) groups excluding carboxylic acids is 1. The Bertz CT molecular complexity index is 1590. The number of ether oxygens (including phenoxy) is 2. The van der Waals surface area contributed by atoms with Crippen LogP contribution in [0.2, 0.25) is 5.02 Å². The zero-order chi connectivity index (χ0) is 26.6. The molecule has 3 aromatic carbocycles. The first kappa shape index (κ1) is 25.3. The van der Waals surface area contributed by atoms with E-state index in [-0.39, 0.29) is 18.0 Å². The van der Waals surface area contributed by atoms with Crippen molar-refractivity contribution in [2.24, 2.45) is 10.1 Å². The zero-order valence-electron chi connectivity index (χ0n) is 20.1. The van der Waals surface area contributed by atoms with Crippen molar-refractivity contribution in [1.82, 2.24) is 5.01 Å². The van der Waals surface area contributed by atoms with Crippen molar-refractivity contribution in [3.63, 3.8) is 0 Å². The van der Waals surface area contributed by atoms with Crippen LogP contribution in [0, 0.1) is 16.7 Å². The minimum Gasteiger partial charge on any atom is -0.490 e. The van der Waals surface area contributed by atoms with Crippen LogP contribution in [0.3, 0.4) is 0 Å². The number of amidine groups is 2. The largest absolute Gasteiger partial charge is 0.490 e. The molecule has 0 radical (unpaired) electrons. The van der Waals surface area contributed by atoms with E-state index in [1.807, 2.05) is 37.3 Å². The fourth-order valence-electron chi connectivity index (χ4n) is 3.81. The maximum atomic E-state index is 12.9. The highest BCUT2D eigenvalue weighted by Crippen LogP contribution is 2.34. The minimum absolute atomic E-state index is 0.0825. The van der Waals surface area contributed by atoms with Crippen LogP contribution in [-0.2, 0) is 11.4 Å². The number of amides is 1. The van der Waals surface area contributed by atoms with Gasteiger partial charge in [-0.15, -0.1) is 0 Å². The van der Waals surface area contributed by atoms with Gasteiger partial charge in [-0.25, -0.2) is 0 Å². The second kappa shape index (κ2) is 10.9. The number of fused-ring (bicyclic) bond motifs is 1. The Morgan fingerprint density at radius 1 is 1.11 bits per heavy atom. The molecule has 0 fully saturated rings. The first-order chi connectivity index (χ1) is 18.5. The molecule has 38 heavy (non-hydrogen) atoms. The summed E-state index contributed by atoms with van der Waals surface area (Å²) in [5.74, 6) is 0.361. The molecule has 10 heteroatoms. The van der Waals surface area contributed by atoms with Gasteiger partial charge in [0.05, 0.1) is 28.8 Å². The van der Waals surface area contributed by atoms with E-state index in [9.17, 15) is 10.1 Å². The van der Waals surface area contributed by atoms with Gasteiger partial charge >= 0.3 is 0 Å². The summed E-state index contributed by atoms with van der Waals surface area (Å²) in [7, 11) is 0. The molecule has 1 amide bonds. The second-order valence-electron chi connectivity index (χ2n) is 8.10. The normalized spacial score (nSPS) is 15.6. The number of hydrogen-bond acceptors (Lipinski definition) is 7. The number of aliphatic imine (C=N–C) groups is 1. The highest BCUT2D eigenvalue weighted by atomic mass is 35.5. The van der Waals surface area contributed by atoms with Crippen LogP contribution in [0.5, 0.6) is 11.5 Å². The molecule has 0 saturated heterocycles. The fourth-order valence-corrected chi connectivity index (χ4v) is 5.03. The Morgan fingerprint density at radius 2 is 1.89 bits per heavy atom.